The van der Waals surface area contributed by atoms with Gasteiger partial charge in [-0.15, -0.1) is 0 Å². The summed E-state index contributed by atoms with van der Waals surface area (Å²) in [5.41, 5.74) is -1.44. The average molecular weight is 1800 g/mol. The second-order valence-electron chi connectivity index (χ2n) is 32.1. The van der Waals surface area contributed by atoms with E-state index >= 15 is 0 Å². The standard InChI is InChI=1S/C80H144N11O32P/c1-52-43-56(48-120-124(5,112)113)91(44-52)67(105)27-13-11-9-7-6-8-10-12-26-66(104)90-80(49-114-40-28-63(101)84-34-20-31-81-60(98)23-14-17-37-117-77-68(87-53(2)95)74(109)71(106)57(45-92)121-77,50-115-41-29-64(102)85-35-21-32-82-61(99)24-15-18-38-118-78-69(88-54(3)96)75(110)72(107)58(46-93)122-78)51-116-42-30-65(103)86-36-22-33-83-62(100)25-16-19-39-119-79-70(89-55(4)97)76(111)73(108)59(47-94)123-79/h52,56-59,68-79,92-94,106-111H,6-51H2,1-5H3,(H,81,98)(H,82,99)(H,83,100)(H,84,101)(H,85,102)(H,86,103)(H,87,95)(H,88,96)(H,89,97)(H,90,104)(H,112,113)/t52-,56+,57?,58?,59?,68?,69?,70?,71?,72?,73?,74?,75?,76?,77?,78?,79?,80?/m1/s1. The number of nitrogens with one attached hydrogen (secondary N) is 10. The number of hydrogen-bond acceptors (Lipinski definition) is 31. The first-order valence-electron chi connectivity index (χ1n) is 43.6. The van der Waals surface area contributed by atoms with E-state index in [1.165, 1.54) is 20.8 Å². The lowest BCUT2D eigenvalue weighted by molar-refractivity contribution is -0.270. The van der Waals surface area contributed by atoms with E-state index in [0.717, 1.165) is 38.8 Å². The van der Waals surface area contributed by atoms with Crippen molar-refractivity contribution in [3.63, 3.8) is 0 Å². The van der Waals surface area contributed by atoms with Crippen molar-refractivity contribution in [1.82, 2.24) is 58.1 Å². The van der Waals surface area contributed by atoms with Crippen LogP contribution >= 0.6 is 7.60 Å². The highest BCUT2D eigenvalue weighted by Gasteiger charge is 2.48. The summed E-state index contributed by atoms with van der Waals surface area (Å²) in [7, 11) is -3.69. The molecule has 0 bridgehead atoms. The molecule has 18 atom stereocenters. The van der Waals surface area contributed by atoms with Crippen LogP contribution in [-0.2, 0) is 104 Å². The van der Waals surface area contributed by atoms with Crippen LogP contribution in [0.1, 0.15) is 195 Å². The highest BCUT2D eigenvalue weighted by molar-refractivity contribution is 7.51. The summed E-state index contributed by atoms with van der Waals surface area (Å²) in [5, 5.41) is 118. The van der Waals surface area contributed by atoms with Crippen LogP contribution in [0.3, 0.4) is 0 Å². The maximum Gasteiger partial charge on any atom is 0.325 e. The van der Waals surface area contributed by atoms with Gasteiger partial charge in [0.2, 0.25) is 65.0 Å². The Morgan fingerprint density at radius 3 is 0.992 bits per heavy atom. The lowest BCUT2D eigenvalue weighted by Gasteiger charge is -2.42. The number of likely N-dealkylation sites (tertiary alicyclic amines) is 1. The summed E-state index contributed by atoms with van der Waals surface area (Å²) in [6.45, 7) is 5.93. The van der Waals surface area contributed by atoms with Crippen molar-refractivity contribution in [3.8, 4) is 0 Å². The number of nitrogens with zero attached hydrogens (tertiary/aromatic N) is 1. The largest absolute Gasteiger partial charge is 0.394 e. The first kappa shape index (κ1) is 110. The molecule has 4 aliphatic heterocycles. The molecule has 11 amide bonds. The van der Waals surface area contributed by atoms with Gasteiger partial charge in [-0.2, -0.15) is 0 Å². The van der Waals surface area contributed by atoms with Gasteiger partial charge in [0, 0.05) is 144 Å². The molecule has 0 saturated carbocycles. The molecule has 716 valence electrons. The number of unbranched alkanes of at least 4 members (excludes halogenated alkanes) is 10. The van der Waals surface area contributed by atoms with Crippen molar-refractivity contribution in [3.05, 3.63) is 0 Å². The third-order valence-electron chi connectivity index (χ3n) is 20.9. The van der Waals surface area contributed by atoms with Gasteiger partial charge in [-0.25, -0.2) is 0 Å². The smallest absolute Gasteiger partial charge is 0.325 e. The fourth-order valence-corrected chi connectivity index (χ4v) is 14.7. The molecule has 4 aliphatic rings. The molecular formula is C80H144N11O32P. The summed E-state index contributed by atoms with van der Waals surface area (Å²) in [6, 6.07) is -3.55. The van der Waals surface area contributed by atoms with Crippen molar-refractivity contribution in [1.29, 1.82) is 0 Å². The Hall–Kier alpha value is -6.40. The van der Waals surface area contributed by atoms with E-state index in [0.29, 0.717) is 96.4 Å². The number of aliphatic hydroxyl groups is 9. The van der Waals surface area contributed by atoms with Gasteiger partial charge in [0.05, 0.1) is 72.1 Å². The van der Waals surface area contributed by atoms with Crippen LogP contribution in [0.2, 0.25) is 0 Å². The zero-order chi connectivity index (χ0) is 91.4. The Morgan fingerprint density at radius 2 is 0.685 bits per heavy atom. The topological polar surface area (TPSA) is 623 Å². The van der Waals surface area contributed by atoms with Crippen LogP contribution in [0.5, 0.6) is 0 Å². The third-order valence-corrected chi connectivity index (χ3v) is 21.6. The molecule has 124 heavy (non-hydrogen) atoms. The molecule has 0 aliphatic carbocycles. The van der Waals surface area contributed by atoms with Gasteiger partial charge in [-0.3, -0.25) is 57.3 Å². The highest BCUT2D eigenvalue weighted by Crippen LogP contribution is 2.38. The number of hydrogen-bond donors (Lipinski definition) is 20. The number of aliphatic hydroxyl groups excluding tert-OH is 9. The van der Waals surface area contributed by atoms with Crippen LogP contribution in [0, 0.1) is 5.92 Å². The zero-order valence-electron chi connectivity index (χ0n) is 72.7. The van der Waals surface area contributed by atoms with E-state index in [2.05, 4.69) is 53.2 Å². The normalized spacial score (nSPS) is 25.3. The number of carbonyl (C=O) groups is 11. The highest BCUT2D eigenvalue weighted by atomic mass is 31.2. The molecular weight excluding hydrogens is 1660 g/mol. The fraction of sp³-hybridized carbons (Fsp3) is 0.863. The van der Waals surface area contributed by atoms with Crippen molar-refractivity contribution < 1.29 is 155 Å². The molecule has 44 heteroatoms. The van der Waals surface area contributed by atoms with Crippen LogP contribution in [-0.4, -0.2) is 363 Å². The Labute approximate surface area is 725 Å². The van der Waals surface area contributed by atoms with Crippen molar-refractivity contribution in [2.75, 3.05) is 138 Å². The lowest BCUT2D eigenvalue weighted by atomic mass is 9.97. The second kappa shape index (κ2) is 61.9. The lowest BCUT2D eigenvalue weighted by Crippen LogP contribution is -2.64. The van der Waals surface area contributed by atoms with E-state index < -0.39 is 143 Å². The number of ether oxygens (including phenoxy) is 9. The fourth-order valence-electron chi connectivity index (χ4n) is 14.3. The minimum absolute atomic E-state index is 0.000417. The third kappa shape index (κ3) is 45.0. The minimum atomic E-state index is -3.69. The predicted molar refractivity (Wildman–Crippen MR) is 442 cm³/mol. The van der Waals surface area contributed by atoms with E-state index in [4.69, 9.17) is 47.2 Å². The van der Waals surface area contributed by atoms with Gasteiger partial charge in [0.25, 0.3) is 0 Å². The molecule has 4 fully saturated rings. The summed E-state index contributed by atoms with van der Waals surface area (Å²) in [5.74, 6) is -3.55. The summed E-state index contributed by atoms with van der Waals surface area (Å²) < 4.78 is 69.2. The molecule has 0 aromatic carbocycles. The van der Waals surface area contributed by atoms with Crippen molar-refractivity contribution >= 4 is 72.6 Å². The monoisotopic (exact) mass is 1800 g/mol. The Bertz CT molecular complexity index is 2950. The number of amides is 11. The van der Waals surface area contributed by atoms with Gasteiger partial charge in [0.15, 0.2) is 18.9 Å². The minimum Gasteiger partial charge on any atom is -0.394 e. The van der Waals surface area contributed by atoms with Crippen LogP contribution in [0.15, 0.2) is 0 Å². The predicted octanol–water partition coefficient (Wildman–Crippen LogP) is -3.71. The molecule has 0 aromatic rings. The molecule has 16 unspecified atom stereocenters. The van der Waals surface area contributed by atoms with Gasteiger partial charge < -0.3 is 156 Å². The van der Waals surface area contributed by atoms with Crippen LogP contribution in [0.4, 0.5) is 0 Å². The van der Waals surface area contributed by atoms with E-state index in [9.17, 15) is 108 Å². The summed E-state index contributed by atoms with van der Waals surface area (Å²) >= 11 is 0. The molecule has 4 saturated heterocycles. The summed E-state index contributed by atoms with van der Waals surface area (Å²) in [4.78, 5) is 151. The van der Waals surface area contributed by atoms with E-state index in [1.54, 1.807) is 4.90 Å². The van der Waals surface area contributed by atoms with Crippen LogP contribution in [0.25, 0.3) is 0 Å². The van der Waals surface area contributed by atoms with Gasteiger partial charge in [-0.05, 0) is 83.0 Å². The maximum absolute atomic E-state index is 14.1. The van der Waals surface area contributed by atoms with E-state index in [1.807, 2.05) is 6.92 Å². The second-order valence-corrected chi connectivity index (χ2v) is 34.0. The van der Waals surface area contributed by atoms with E-state index in [-0.39, 0.29) is 210 Å². The average Bonchev–Trinajstić information content (AvgIpc) is 1.01. The van der Waals surface area contributed by atoms with Gasteiger partial charge in [0.1, 0.15) is 78.6 Å². The Balaban J connectivity index is 1.31. The first-order valence-corrected chi connectivity index (χ1v) is 45.6. The number of carbonyl (C=O) groups excluding carboxylic acids is 11. The van der Waals surface area contributed by atoms with Crippen LogP contribution < -0.4 is 53.2 Å². The molecule has 0 radical (unpaired) electrons. The molecule has 0 aromatic heterocycles. The molecule has 0 spiro atoms. The molecule has 4 heterocycles. The summed E-state index contributed by atoms with van der Waals surface area (Å²) in [6.07, 6.45) is -4.78. The van der Waals surface area contributed by atoms with Crippen molar-refractivity contribution in [2.24, 2.45) is 5.92 Å². The Kier molecular flexibility index (Phi) is 54.9. The van der Waals surface area contributed by atoms with Gasteiger partial charge >= 0.3 is 7.60 Å². The SMILES string of the molecule is CC(=O)NC1C(OCCCCC(=O)NCCCNC(=O)CCOCC(COCCC(=O)NCCCNC(=O)CCCCOC2OC(CO)C(O)C(O)C2NC(C)=O)(COCCC(=O)NCCCNC(=O)CCCCOC2OC(CO)C(O)C(O)C2NC(C)=O)NC(=O)CCCCCCCCCCC(=O)N2C[C@H](C)C[C@H]2COP(C)(=O)O)OC(CO)C(O)C1O. The molecule has 43 nitrogen and oxygen atoms in total. The first-order chi connectivity index (χ1) is 59.2. The Morgan fingerprint density at radius 1 is 0.395 bits per heavy atom. The molecule has 20 N–H and O–H groups in total. The molecule has 4 rings (SSSR count). The van der Waals surface area contributed by atoms with Gasteiger partial charge in [-0.1, -0.05) is 45.4 Å². The number of rotatable bonds is 66. The van der Waals surface area contributed by atoms with Crippen molar-refractivity contribution in [2.45, 2.75) is 298 Å². The maximum atomic E-state index is 14.1. The zero-order valence-corrected chi connectivity index (χ0v) is 73.6. The quantitative estimate of drug-likeness (QED) is 0.0206.